The Bertz CT molecular complexity index is 415. The first-order chi connectivity index (χ1) is 8.40. The summed E-state index contributed by atoms with van der Waals surface area (Å²) in [6, 6.07) is 11.8. The first-order valence-corrected chi connectivity index (χ1v) is 6.35. The average Bonchev–Trinajstić information content (AvgIpc) is 2.78. The zero-order valence-corrected chi connectivity index (χ0v) is 10.2. The molecule has 0 bridgehead atoms. The van der Waals surface area contributed by atoms with Gasteiger partial charge < -0.3 is 9.64 Å². The van der Waals surface area contributed by atoms with E-state index in [9.17, 15) is 0 Å². The maximum absolute atomic E-state index is 6.02. The Morgan fingerprint density at radius 3 is 2.82 bits per heavy atom. The minimum Gasteiger partial charge on any atom is -0.455 e. The van der Waals surface area contributed by atoms with Gasteiger partial charge in [0, 0.05) is 13.6 Å². The van der Waals surface area contributed by atoms with Crippen LogP contribution in [0, 0.1) is 0 Å². The van der Waals surface area contributed by atoms with Crippen LogP contribution in [-0.4, -0.2) is 30.6 Å². The lowest BCUT2D eigenvalue weighted by Crippen LogP contribution is -2.38. The van der Waals surface area contributed by atoms with Crippen LogP contribution in [0.3, 0.4) is 0 Å². The van der Waals surface area contributed by atoms with E-state index in [-0.39, 0.29) is 6.10 Å². The van der Waals surface area contributed by atoms with Crippen LogP contribution in [0.15, 0.2) is 35.3 Å². The van der Waals surface area contributed by atoms with Crippen molar-refractivity contribution in [1.82, 2.24) is 4.90 Å². The summed E-state index contributed by atoms with van der Waals surface area (Å²) >= 11 is 0. The second kappa shape index (κ2) is 4.40. The van der Waals surface area contributed by atoms with Crippen LogP contribution >= 0.6 is 0 Å². The third-order valence-corrected chi connectivity index (χ3v) is 3.70. The average molecular weight is 230 g/mol. The Balaban J connectivity index is 1.91. The van der Waals surface area contributed by atoms with Gasteiger partial charge in [0.05, 0.1) is 6.04 Å². The molecular formula is C14H18N2O. The fraction of sp³-hybridized carbons (Fsp3) is 0.500. The predicted octanol–water partition coefficient (Wildman–Crippen LogP) is 2.60. The molecule has 1 aromatic carbocycles. The van der Waals surface area contributed by atoms with Crippen molar-refractivity contribution in [3.05, 3.63) is 35.9 Å². The van der Waals surface area contributed by atoms with Crippen LogP contribution in [0.2, 0.25) is 0 Å². The molecule has 2 atom stereocenters. The summed E-state index contributed by atoms with van der Waals surface area (Å²) in [5.41, 5.74) is 1.27. The Kier molecular flexibility index (Phi) is 2.75. The molecular weight excluding hydrogens is 212 g/mol. The Morgan fingerprint density at radius 2 is 2.06 bits per heavy atom. The van der Waals surface area contributed by atoms with Crippen LogP contribution in [0.25, 0.3) is 0 Å². The van der Waals surface area contributed by atoms with E-state index in [1.165, 1.54) is 24.8 Å². The molecule has 0 saturated carbocycles. The van der Waals surface area contributed by atoms with Crippen LogP contribution < -0.4 is 0 Å². The number of rotatable bonds is 1. The van der Waals surface area contributed by atoms with Crippen molar-refractivity contribution < 1.29 is 4.74 Å². The minimum atomic E-state index is 0.162. The second-order valence-corrected chi connectivity index (χ2v) is 4.71. The molecule has 0 spiro atoms. The fourth-order valence-electron chi connectivity index (χ4n) is 2.88. The summed E-state index contributed by atoms with van der Waals surface area (Å²) in [4.78, 5) is 6.60. The largest absolute Gasteiger partial charge is 0.455 e. The molecule has 0 N–H and O–H groups in total. The summed E-state index contributed by atoms with van der Waals surface area (Å²) in [5.74, 6) is 0. The zero-order valence-electron chi connectivity index (χ0n) is 10.2. The minimum absolute atomic E-state index is 0.162. The van der Waals surface area contributed by atoms with E-state index in [0.717, 1.165) is 12.6 Å². The smallest absolute Gasteiger partial charge is 0.288 e. The summed E-state index contributed by atoms with van der Waals surface area (Å²) < 4.78 is 6.02. The maximum Gasteiger partial charge on any atom is 0.288 e. The van der Waals surface area contributed by atoms with Crippen molar-refractivity contribution >= 4 is 6.02 Å². The molecule has 3 heteroatoms. The number of aliphatic imine (C=N–C) groups is 1. The molecule has 2 heterocycles. The molecule has 0 aromatic heterocycles. The summed E-state index contributed by atoms with van der Waals surface area (Å²) in [6.45, 7) is 1.08. The standard InChI is InChI=1S/C14H18N2O/c1-15-14-16-10-6-5-9-12(16)13(17-14)11-7-3-2-4-8-11/h2-4,7-8,12-13H,5-6,9-10H2,1H3/t12-,13+/m1/s1. The zero-order chi connectivity index (χ0) is 11.7. The highest BCUT2D eigenvalue weighted by Crippen LogP contribution is 2.37. The second-order valence-electron chi connectivity index (χ2n) is 4.71. The number of hydrogen-bond acceptors (Lipinski definition) is 2. The van der Waals surface area contributed by atoms with Gasteiger partial charge in [0.1, 0.15) is 6.10 Å². The number of ether oxygens (including phenoxy) is 1. The maximum atomic E-state index is 6.02. The monoisotopic (exact) mass is 230 g/mol. The van der Waals surface area contributed by atoms with Crippen molar-refractivity contribution in [1.29, 1.82) is 0 Å². The van der Waals surface area contributed by atoms with Crippen molar-refractivity contribution in [2.45, 2.75) is 31.4 Å². The summed E-state index contributed by atoms with van der Waals surface area (Å²) in [6.07, 6.45) is 3.92. The van der Waals surface area contributed by atoms with Crippen molar-refractivity contribution in [2.24, 2.45) is 4.99 Å². The highest BCUT2D eigenvalue weighted by atomic mass is 16.5. The van der Waals surface area contributed by atoms with E-state index in [4.69, 9.17) is 4.74 Å². The summed E-state index contributed by atoms with van der Waals surface area (Å²) in [7, 11) is 1.81. The van der Waals surface area contributed by atoms with Gasteiger partial charge in [-0.05, 0) is 24.8 Å². The molecule has 0 unspecified atom stereocenters. The van der Waals surface area contributed by atoms with Gasteiger partial charge in [0.15, 0.2) is 0 Å². The van der Waals surface area contributed by atoms with Crippen LogP contribution in [0.4, 0.5) is 0 Å². The first kappa shape index (κ1) is 10.6. The number of amidine groups is 1. The van der Waals surface area contributed by atoms with Gasteiger partial charge in [-0.3, -0.25) is 0 Å². The molecule has 17 heavy (non-hydrogen) atoms. The quantitative estimate of drug-likeness (QED) is 0.740. The van der Waals surface area contributed by atoms with Crippen molar-refractivity contribution in [3.63, 3.8) is 0 Å². The highest BCUT2D eigenvalue weighted by molar-refractivity contribution is 5.76. The van der Waals surface area contributed by atoms with Gasteiger partial charge in [0.25, 0.3) is 6.02 Å². The molecule has 90 valence electrons. The molecule has 0 amide bonds. The Morgan fingerprint density at radius 1 is 1.24 bits per heavy atom. The highest BCUT2D eigenvalue weighted by Gasteiger charge is 2.41. The predicted molar refractivity (Wildman–Crippen MR) is 68.0 cm³/mol. The molecule has 0 aliphatic carbocycles. The van der Waals surface area contributed by atoms with Gasteiger partial charge in [-0.2, -0.15) is 0 Å². The van der Waals surface area contributed by atoms with Gasteiger partial charge in [0.2, 0.25) is 0 Å². The topological polar surface area (TPSA) is 24.8 Å². The SMILES string of the molecule is CN=C1O[C@@H](c2ccccc2)[C@H]2CCCCN12. The number of hydrogen-bond donors (Lipinski definition) is 0. The van der Waals surface area contributed by atoms with Gasteiger partial charge in [-0.15, -0.1) is 0 Å². The molecule has 2 aliphatic rings. The normalized spacial score (nSPS) is 30.2. The van der Waals surface area contributed by atoms with Gasteiger partial charge in [-0.25, -0.2) is 4.99 Å². The van der Waals surface area contributed by atoms with Crippen molar-refractivity contribution in [2.75, 3.05) is 13.6 Å². The Labute approximate surface area is 102 Å². The van der Waals surface area contributed by atoms with Crippen LogP contribution in [-0.2, 0) is 4.74 Å². The number of fused-ring (bicyclic) bond motifs is 1. The molecule has 3 nitrogen and oxygen atoms in total. The van der Waals surface area contributed by atoms with Gasteiger partial charge in [-0.1, -0.05) is 30.3 Å². The molecule has 0 radical (unpaired) electrons. The number of benzene rings is 1. The summed E-state index contributed by atoms with van der Waals surface area (Å²) in [5, 5.41) is 0. The third kappa shape index (κ3) is 1.79. The van der Waals surface area contributed by atoms with Crippen LogP contribution in [0.1, 0.15) is 30.9 Å². The van der Waals surface area contributed by atoms with E-state index in [2.05, 4.69) is 34.2 Å². The molecule has 2 aliphatic heterocycles. The lowest BCUT2D eigenvalue weighted by molar-refractivity contribution is 0.168. The third-order valence-electron chi connectivity index (χ3n) is 3.70. The van der Waals surface area contributed by atoms with E-state index in [0.29, 0.717) is 6.04 Å². The molecule has 2 saturated heterocycles. The van der Waals surface area contributed by atoms with Crippen molar-refractivity contribution in [3.8, 4) is 0 Å². The van der Waals surface area contributed by atoms with E-state index < -0.39 is 0 Å². The van der Waals surface area contributed by atoms with Crippen LogP contribution in [0.5, 0.6) is 0 Å². The number of nitrogens with zero attached hydrogens (tertiary/aromatic N) is 2. The lowest BCUT2D eigenvalue weighted by Gasteiger charge is -2.30. The number of piperidine rings is 1. The van der Waals surface area contributed by atoms with Gasteiger partial charge >= 0.3 is 0 Å². The molecule has 2 fully saturated rings. The first-order valence-electron chi connectivity index (χ1n) is 6.35. The molecule has 3 rings (SSSR count). The fourth-order valence-corrected chi connectivity index (χ4v) is 2.88. The Hall–Kier alpha value is -1.51. The van der Waals surface area contributed by atoms with E-state index in [1.807, 2.05) is 13.1 Å². The van der Waals surface area contributed by atoms with E-state index >= 15 is 0 Å². The molecule has 1 aromatic rings. The van der Waals surface area contributed by atoms with E-state index in [1.54, 1.807) is 0 Å². The lowest BCUT2D eigenvalue weighted by atomic mass is 9.94.